The van der Waals surface area contributed by atoms with Crippen molar-refractivity contribution in [2.45, 2.75) is 13.0 Å². The predicted octanol–water partition coefficient (Wildman–Crippen LogP) is 1.82. The van der Waals surface area contributed by atoms with Crippen LogP contribution in [-0.2, 0) is 0 Å². The van der Waals surface area contributed by atoms with Crippen LogP contribution in [0.15, 0.2) is 18.2 Å². The molecule has 0 saturated carbocycles. The molecule has 0 aromatic heterocycles. The first kappa shape index (κ1) is 11.8. The lowest BCUT2D eigenvalue weighted by Crippen LogP contribution is -2.36. The Balaban J connectivity index is 2.10. The summed E-state index contributed by atoms with van der Waals surface area (Å²) in [6, 6.07) is 4.87. The first-order chi connectivity index (χ1) is 8.08. The second kappa shape index (κ2) is 4.65. The zero-order valence-corrected chi connectivity index (χ0v) is 9.73. The number of hydrogen-bond acceptors (Lipinski definition) is 3. The SMILES string of the molecule is [CH2]C(C)C([CH2])NC(=O)c1ccc2c(c1)OCO2. The Bertz CT molecular complexity index is 429. The molecule has 1 amide bonds. The van der Waals surface area contributed by atoms with Crippen LogP contribution >= 0.6 is 0 Å². The van der Waals surface area contributed by atoms with E-state index in [1.165, 1.54) is 0 Å². The van der Waals surface area contributed by atoms with E-state index in [1.54, 1.807) is 18.2 Å². The number of carbonyl (C=O) groups excluding carboxylic acids is 1. The van der Waals surface area contributed by atoms with Crippen LogP contribution in [0.25, 0.3) is 0 Å². The van der Waals surface area contributed by atoms with Crippen molar-refractivity contribution in [2.24, 2.45) is 5.92 Å². The summed E-state index contributed by atoms with van der Waals surface area (Å²) in [6.45, 7) is 9.75. The third-order valence-corrected chi connectivity index (χ3v) is 2.64. The molecular formula is C13H15NO3. The Morgan fingerprint density at radius 2 is 2.06 bits per heavy atom. The number of nitrogens with one attached hydrogen (secondary N) is 1. The first-order valence-corrected chi connectivity index (χ1v) is 5.44. The first-order valence-electron chi connectivity index (χ1n) is 5.44. The Morgan fingerprint density at radius 1 is 1.35 bits per heavy atom. The molecule has 2 rings (SSSR count). The van der Waals surface area contributed by atoms with Gasteiger partial charge in [-0.25, -0.2) is 0 Å². The lowest BCUT2D eigenvalue weighted by molar-refractivity contribution is 0.0937. The summed E-state index contributed by atoms with van der Waals surface area (Å²) >= 11 is 0. The van der Waals surface area contributed by atoms with Crippen LogP contribution < -0.4 is 14.8 Å². The van der Waals surface area contributed by atoms with Gasteiger partial charge in [-0.2, -0.15) is 0 Å². The molecule has 1 aliphatic rings. The molecular weight excluding hydrogens is 218 g/mol. The third kappa shape index (κ3) is 2.52. The zero-order valence-electron chi connectivity index (χ0n) is 9.73. The zero-order chi connectivity index (χ0) is 12.4. The van der Waals surface area contributed by atoms with Crippen molar-refractivity contribution >= 4 is 5.91 Å². The molecule has 1 aromatic carbocycles. The molecule has 90 valence electrons. The molecule has 4 nitrogen and oxygen atoms in total. The molecule has 0 saturated heterocycles. The lowest BCUT2D eigenvalue weighted by atomic mass is 10.1. The van der Waals surface area contributed by atoms with Crippen molar-refractivity contribution < 1.29 is 14.3 Å². The van der Waals surface area contributed by atoms with Crippen molar-refractivity contribution in [3.63, 3.8) is 0 Å². The highest BCUT2D eigenvalue weighted by atomic mass is 16.7. The van der Waals surface area contributed by atoms with Crippen LogP contribution in [-0.4, -0.2) is 18.7 Å². The molecule has 0 fully saturated rings. The van der Waals surface area contributed by atoms with Gasteiger partial charge < -0.3 is 14.8 Å². The molecule has 0 bridgehead atoms. The topological polar surface area (TPSA) is 47.6 Å². The standard InChI is InChI=1S/C13H15NO3/c1-8(2)9(3)14-13(15)10-4-5-11-12(6-10)17-7-16-11/h4-6,8-9H,1,3,7H2,2H3,(H,14,15). The van der Waals surface area contributed by atoms with Gasteiger partial charge >= 0.3 is 0 Å². The van der Waals surface area contributed by atoms with E-state index in [0.29, 0.717) is 17.1 Å². The molecule has 2 radical (unpaired) electrons. The van der Waals surface area contributed by atoms with Crippen LogP contribution in [0.4, 0.5) is 0 Å². The number of amides is 1. The van der Waals surface area contributed by atoms with E-state index in [0.717, 1.165) is 0 Å². The Hall–Kier alpha value is -1.71. The predicted molar refractivity (Wildman–Crippen MR) is 63.7 cm³/mol. The molecule has 4 heteroatoms. The van der Waals surface area contributed by atoms with Crippen molar-refractivity contribution in [1.82, 2.24) is 5.32 Å². The van der Waals surface area contributed by atoms with Crippen molar-refractivity contribution in [3.8, 4) is 11.5 Å². The minimum Gasteiger partial charge on any atom is -0.454 e. The van der Waals surface area contributed by atoms with Gasteiger partial charge in [-0.15, -0.1) is 0 Å². The maximum Gasteiger partial charge on any atom is 0.251 e. The van der Waals surface area contributed by atoms with Gasteiger partial charge in [0.2, 0.25) is 6.79 Å². The molecule has 1 aromatic rings. The summed E-state index contributed by atoms with van der Waals surface area (Å²) in [7, 11) is 0. The van der Waals surface area contributed by atoms with Gasteiger partial charge in [0.15, 0.2) is 11.5 Å². The highest BCUT2D eigenvalue weighted by molar-refractivity contribution is 5.95. The van der Waals surface area contributed by atoms with Crippen LogP contribution in [0.3, 0.4) is 0 Å². The monoisotopic (exact) mass is 233 g/mol. The average Bonchev–Trinajstić information content (AvgIpc) is 2.75. The van der Waals surface area contributed by atoms with Crippen LogP contribution in [0.1, 0.15) is 17.3 Å². The molecule has 1 aliphatic heterocycles. The van der Waals surface area contributed by atoms with E-state index in [2.05, 4.69) is 19.2 Å². The van der Waals surface area contributed by atoms with Gasteiger partial charge in [0.05, 0.1) is 0 Å². The number of hydrogen-bond donors (Lipinski definition) is 1. The summed E-state index contributed by atoms with van der Waals surface area (Å²) in [5, 5.41) is 2.78. The van der Waals surface area contributed by atoms with E-state index in [-0.39, 0.29) is 24.7 Å². The second-order valence-corrected chi connectivity index (χ2v) is 4.13. The third-order valence-electron chi connectivity index (χ3n) is 2.64. The summed E-state index contributed by atoms with van der Waals surface area (Å²) in [4.78, 5) is 11.9. The quantitative estimate of drug-likeness (QED) is 0.866. The van der Waals surface area contributed by atoms with Gasteiger partial charge in [0.1, 0.15) is 0 Å². The van der Waals surface area contributed by atoms with Crippen LogP contribution in [0, 0.1) is 19.8 Å². The second-order valence-electron chi connectivity index (χ2n) is 4.13. The fourth-order valence-corrected chi connectivity index (χ4v) is 1.43. The highest BCUT2D eigenvalue weighted by Crippen LogP contribution is 2.32. The van der Waals surface area contributed by atoms with E-state index in [9.17, 15) is 4.79 Å². The van der Waals surface area contributed by atoms with E-state index < -0.39 is 0 Å². The average molecular weight is 233 g/mol. The molecule has 1 heterocycles. The van der Waals surface area contributed by atoms with Crippen LogP contribution in [0.2, 0.25) is 0 Å². The Labute approximate surface area is 101 Å². The molecule has 2 atom stereocenters. The molecule has 1 N–H and O–H groups in total. The van der Waals surface area contributed by atoms with Crippen LogP contribution in [0.5, 0.6) is 11.5 Å². The van der Waals surface area contributed by atoms with Gasteiger partial charge in [-0.3, -0.25) is 4.79 Å². The Morgan fingerprint density at radius 3 is 2.76 bits per heavy atom. The summed E-state index contributed by atoms with van der Waals surface area (Å²) in [5.74, 6) is 1.13. The lowest BCUT2D eigenvalue weighted by Gasteiger charge is -2.17. The minimum atomic E-state index is -0.215. The van der Waals surface area contributed by atoms with Crippen molar-refractivity contribution in [2.75, 3.05) is 6.79 Å². The van der Waals surface area contributed by atoms with E-state index in [4.69, 9.17) is 9.47 Å². The Kier molecular flexibility index (Phi) is 3.22. The highest BCUT2D eigenvalue weighted by Gasteiger charge is 2.17. The molecule has 17 heavy (non-hydrogen) atoms. The number of ether oxygens (including phenoxy) is 2. The van der Waals surface area contributed by atoms with Gasteiger partial charge in [-0.05, 0) is 38.0 Å². The summed E-state index contributed by atoms with van der Waals surface area (Å²) < 4.78 is 10.4. The summed E-state index contributed by atoms with van der Waals surface area (Å²) in [6.07, 6.45) is 0. The van der Waals surface area contributed by atoms with Gasteiger partial charge in [0.25, 0.3) is 5.91 Å². The molecule has 0 aliphatic carbocycles. The fourth-order valence-electron chi connectivity index (χ4n) is 1.43. The fraction of sp³-hybridized carbons (Fsp3) is 0.308. The van der Waals surface area contributed by atoms with E-state index >= 15 is 0 Å². The van der Waals surface area contributed by atoms with E-state index in [1.807, 2.05) is 6.92 Å². The summed E-state index contributed by atoms with van der Waals surface area (Å²) in [5.41, 5.74) is 0.531. The smallest absolute Gasteiger partial charge is 0.251 e. The number of benzene rings is 1. The largest absolute Gasteiger partial charge is 0.454 e. The van der Waals surface area contributed by atoms with Gasteiger partial charge in [0, 0.05) is 11.6 Å². The normalized spacial score (nSPS) is 14.8. The number of rotatable bonds is 3. The van der Waals surface area contributed by atoms with Crippen molar-refractivity contribution in [1.29, 1.82) is 0 Å². The molecule has 0 spiro atoms. The number of carbonyl (C=O) groups is 1. The number of fused-ring (bicyclic) bond motifs is 1. The van der Waals surface area contributed by atoms with Crippen molar-refractivity contribution in [3.05, 3.63) is 37.6 Å². The maximum absolute atomic E-state index is 11.9. The molecule has 2 unspecified atom stereocenters. The maximum atomic E-state index is 11.9. The van der Waals surface area contributed by atoms with Gasteiger partial charge in [-0.1, -0.05) is 6.92 Å². The minimum absolute atomic E-state index is 0.0490.